The maximum Gasteiger partial charge on any atom is 0.269 e. The highest BCUT2D eigenvalue weighted by Crippen LogP contribution is 2.29. The Labute approximate surface area is 180 Å². The molecule has 1 amide bonds. The van der Waals surface area contributed by atoms with Gasteiger partial charge in [0.25, 0.3) is 5.91 Å². The highest BCUT2D eigenvalue weighted by atomic mass is 79.9. The van der Waals surface area contributed by atoms with Crippen LogP contribution in [0.4, 0.5) is 0 Å². The SMILES string of the molecule is Br.O=C(NCCO)c1cc2c3ccccc3n(CCCc3ccccc3)c2cn1. The average Bonchev–Trinajstić information content (AvgIpc) is 3.06. The number of carbonyl (C=O) groups excluding carboxylic acids is 1. The fourth-order valence-corrected chi connectivity index (χ4v) is 3.66. The topological polar surface area (TPSA) is 67.2 Å². The molecule has 0 radical (unpaired) electrons. The molecule has 0 spiro atoms. The third-order valence-electron chi connectivity index (χ3n) is 4.98. The van der Waals surface area contributed by atoms with Gasteiger partial charge >= 0.3 is 0 Å². The van der Waals surface area contributed by atoms with E-state index in [1.165, 1.54) is 5.56 Å². The molecule has 0 aliphatic carbocycles. The number of hydrogen-bond acceptors (Lipinski definition) is 3. The van der Waals surface area contributed by atoms with Crippen LogP contribution in [0.25, 0.3) is 21.8 Å². The minimum Gasteiger partial charge on any atom is -0.395 e. The number of fused-ring (bicyclic) bond motifs is 3. The zero-order valence-electron chi connectivity index (χ0n) is 16.0. The maximum atomic E-state index is 12.2. The Morgan fingerprint density at radius 2 is 1.76 bits per heavy atom. The summed E-state index contributed by atoms with van der Waals surface area (Å²) in [5.74, 6) is -0.267. The second-order valence-corrected chi connectivity index (χ2v) is 6.82. The lowest BCUT2D eigenvalue weighted by atomic mass is 10.1. The number of benzene rings is 2. The van der Waals surface area contributed by atoms with Crippen molar-refractivity contribution in [3.8, 4) is 0 Å². The average molecular weight is 454 g/mol. The number of carbonyl (C=O) groups is 1. The van der Waals surface area contributed by atoms with Crippen LogP contribution in [0.3, 0.4) is 0 Å². The number of nitrogens with one attached hydrogen (secondary N) is 1. The minimum absolute atomic E-state index is 0. The van der Waals surface area contributed by atoms with E-state index in [0.29, 0.717) is 5.69 Å². The molecule has 29 heavy (non-hydrogen) atoms. The largest absolute Gasteiger partial charge is 0.395 e. The van der Waals surface area contributed by atoms with Crippen LogP contribution < -0.4 is 5.32 Å². The normalized spacial score (nSPS) is 10.8. The molecule has 0 unspecified atom stereocenters. The first-order valence-electron chi connectivity index (χ1n) is 9.58. The second kappa shape index (κ2) is 9.67. The summed E-state index contributed by atoms with van der Waals surface area (Å²) in [5.41, 5.74) is 3.89. The first-order chi connectivity index (χ1) is 13.8. The number of halogens is 1. The lowest BCUT2D eigenvalue weighted by Crippen LogP contribution is -2.27. The lowest BCUT2D eigenvalue weighted by molar-refractivity contribution is 0.0940. The van der Waals surface area contributed by atoms with Gasteiger partial charge in [-0.1, -0.05) is 48.5 Å². The van der Waals surface area contributed by atoms with E-state index in [9.17, 15) is 4.79 Å². The van der Waals surface area contributed by atoms with Gasteiger partial charge in [0.2, 0.25) is 0 Å². The van der Waals surface area contributed by atoms with Crippen molar-refractivity contribution >= 4 is 44.7 Å². The van der Waals surface area contributed by atoms with Crippen molar-refractivity contribution in [1.29, 1.82) is 0 Å². The van der Waals surface area contributed by atoms with Gasteiger partial charge in [0.05, 0.1) is 18.3 Å². The molecule has 0 saturated heterocycles. The lowest BCUT2D eigenvalue weighted by Gasteiger charge is -2.08. The van der Waals surface area contributed by atoms with Crippen molar-refractivity contribution in [2.24, 2.45) is 0 Å². The van der Waals surface area contributed by atoms with Gasteiger partial charge in [0.1, 0.15) is 5.69 Å². The maximum absolute atomic E-state index is 12.2. The van der Waals surface area contributed by atoms with Gasteiger partial charge < -0.3 is 15.0 Å². The monoisotopic (exact) mass is 453 g/mol. The summed E-state index contributed by atoms with van der Waals surface area (Å²) < 4.78 is 2.29. The van der Waals surface area contributed by atoms with E-state index in [1.807, 2.05) is 24.3 Å². The van der Waals surface area contributed by atoms with E-state index in [4.69, 9.17) is 5.11 Å². The molecule has 0 aliphatic heterocycles. The third kappa shape index (κ3) is 4.49. The molecule has 2 N–H and O–H groups in total. The molecule has 4 aromatic rings. The Hall–Kier alpha value is -2.70. The zero-order valence-corrected chi connectivity index (χ0v) is 17.8. The van der Waals surface area contributed by atoms with Crippen LogP contribution in [0.2, 0.25) is 0 Å². The fourth-order valence-electron chi connectivity index (χ4n) is 3.66. The van der Waals surface area contributed by atoms with Crippen LogP contribution in [0, 0.1) is 0 Å². The van der Waals surface area contributed by atoms with Crippen molar-refractivity contribution in [3.63, 3.8) is 0 Å². The van der Waals surface area contributed by atoms with Gasteiger partial charge in [0.15, 0.2) is 0 Å². The summed E-state index contributed by atoms with van der Waals surface area (Å²) >= 11 is 0. The molecule has 6 heteroatoms. The molecule has 150 valence electrons. The smallest absolute Gasteiger partial charge is 0.269 e. The van der Waals surface area contributed by atoms with Crippen molar-refractivity contribution in [2.45, 2.75) is 19.4 Å². The van der Waals surface area contributed by atoms with E-state index >= 15 is 0 Å². The van der Waals surface area contributed by atoms with Gasteiger partial charge in [-0.3, -0.25) is 4.79 Å². The molecule has 0 atom stereocenters. The summed E-state index contributed by atoms with van der Waals surface area (Å²) in [7, 11) is 0. The summed E-state index contributed by atoms with van der Waals surface area (Å²) in [6, 6.07) is 20.6. The molecular formula is C23H24BrN3O2. The Morgan fingerprint density at radius 1 is 1.00 bits per heavy atom. The Bertz CT molecular complexity index is 1110. The highest BCUT2D eigenvalue weighted by molar-refractivity contribution is 8.93. The van der Waals surface area contributed by atoms with Crippen LogP contribution >= 0.6 is 17.0 Å². The number of aromatic nitrogens is 2. The van der Waals surface area contributed by atoms with Crippen LogP contribution in [0.5, 0.6) is 0 Å². The number of hydrogen-bond donors (Lipinski definition) is 2. The summed E-state index contributed by atoms with van der Waals surface area (Å²) in [4.78, 5) is 16.6. The van der Waals surface area contributed by atoms with Crippen molar-refractivity contribution < 1.29 is 9.90 Å². The van der Waals surface area contributed by atoms with Gasteiger partial charge in [-0.25, -0.2) is 4.98 Å². The van der Waals surface area contributed by atoms with Crippen LogP contribution in [0.1, 0.15) is 22.5 Å². The quantitative estimate of drug-likeness (QED) is 0.442. The summed E-state index contributed by atoms with van der Waals surface area (Å²) in [6.45, 7) is 1.02. The predicted octanol–water partition coefficient (Wildman–Crippen LogP) is 4.12. The van der Waals surface area contributed by atoms with Gasteiger partial charge in [-0.05, 0) is 30.5 Å². The first-order valence-corrected chi connectivity index (χ1v) is 9.58. The van der Waals surface area contributed by atoms with Crippen molar-refractivity contribution in [1.82, 2.24) is 14.9 Å². The van der Waals surface area contributed by atoms with Crippen molar-refractivity contribution in [3.05, 3.63) is 78.1 Å². The molecule has 0 fully saturated rings. The van der Waals surface area contributed by atoms with E-state index < -0.39 is 0 Å². The molecule has 4 rings (SSSR count). The van der Waals surface area contributed by atoms with Crippen LogP contribution in [-0.4, -0.2) is 33.7 Å². The molecule has 2 aromatic carbocycles. The fraction of sp³-hybridized carbons (Fsp3) is 0.217. The van der Waals surface area contributed by atoms with Crippen LogP contribution in [0.15, 0.2) is 66.9 Å². The van der Waals surface area contributed by atoms with E-state index in [2.05, 4.69) is 51.3 Å². The van der Waals surface area contributed by atoms with Gasteiger partial charge in [-0.2, -0.15) is 0 Å². The number of aliphatic hydroxyl groups is 1. The van der Waals surface area contributed by atoms with E-state index in [0.717, 1.165) is 41.2 Å². The number of amides is 1. The van der Waals surface area contributed by atoms with Gasteiger partial charge in [-0.15, -0.1) is 17.0 Å². The first kappa shape index (κ1) is 21.0. The van der Waals surface area contributed by atoms with Crippen LogP contribution in [-0.2, 0) is 13.0 Å². The number of aryl methyl sites for hydroxylation is 2. The number of nitrogens with zero attached hydrogens (tertiary/aromatic N) is 2. The number of pyridine rings is 1. The number of aliphatic hydroxyl groups excluding tert-OH is 1. The standard InChI is InChI=1S/C23H23N3O2.BrH/c27-14-12-24-23(28)20-15-19-18-10-4-5-11-21(18)26(22(19)16-25-20)13-6-9-17-7-2-1-3-8-17;/h1-5,7-8,10-11,15-16,27H,6,9,12-14H2,(H,24,28);1H. The molecular weight excluding hydrogens is 430 g/mol. The molecule has 2 heterocycles. The zero-order chi connectivity index (χ0) is 19.3. The van der Waals surface area contributed by atoms with E-state index in [-0.39, 0.29) is 36.0 Å². The second-order valence-electron chi connectivity index (χ2n) is 6.82. The Kier molecular flexibility index (Phi) is 7.01. The van der Waals surface area contributed by atoms with E-state index in [1.54, 1.807) is 6.20 Å². The molecule has 0 aliphatic rings. The molecule has 2 aromatic heterocycles. The van der Waals surface area contributed by atoms with Gasteiger partial charge in [0, 0.05) is 29.4 Å². The number of para-hydroxylation sites is 1. The Morgan fingerprint density at radius 3 is 2.55 bits per heavy atom. The molecule has 0 saturated carbocycles. The summed E-state index contributed by atoms with van der Waals surface area (Å²) in [6.07, 6.45) is 3.83. The molecule has 0 bridgehead atoms. The Balaban J connectivity index is 0.00000240. The molecule has 5 nitrogen and oxygen atoms in total. The minimum atomic E-state index is -0.267. The highest BCUT2D eigenvalue weighted by Gasteiger charge is 2.14. The third-order valence-corrected chi connectivity index (χ3v) is 4.98. The van der Waals surface area contributed by atoms with Crippen molar-refractivity contribution in [2.75, 3.05) is 13.2 Å². The number of rotatable bonds is 7. The summed E-state index contributed by atoms with van der Waals surface area (Å²) in [5, 5.41) is 13.7. The predicted molar refractivity (Wildman–Crippen MR) is 122 cm³/mol.